The molecule has 3 heterocycles. The number of aromatic nitrogens is 2. The van der Waals surface area contributed by atoms with Crippen molar-refractivity contribution < 1.29 is 27.4 Å². The molecule has 3 aromatic rings. The highest BCUT2D eigenvalue weighted by molar-refractivity contribution is 5.95. The molecule has 0 radical (unpaired) electrons. The van der Waals surface area contributed by atoms with Crippen LogP contribution >= 0.6 is 0 Å². The van der Waals surface area contributed by atoms with Gasteiger partial charge in [-0.1, -0.05) is 12.1 Å². The number of fused-ring (bicyclic) bond motifs is 2. The van der Waals surface area contributed by atoms with E-state index in [-0.39, 0.29) is 23.4 Å². The largest absolute Gasteiger partial charge is 0.464 e. The SMILES string of the molecule is CCOC(=O)C(N=Cc1c(C(F)(F)F)cc(-c2ccc(N3CCOCC3)cc2)c(C)c1N)c1ncn2c1CCC21CC1. The molecular weight excluding hydrogens is 547 g/mol. The zero-order valence-electron chi connectivity index (χ0n) is 23.7. The van der Waals surface area contributed by atoms with Gasteiger partial charge in [0.05, 0.1) is 37.4 Å². The van der Waals surface area contributed by atoms with Crippen molar-refractivity contribution in [2.75, 3.05) is 43.5 Å². The molecule has 42 heavy (non-hydrogen) atoms. The molecular formula is C31H34F3N5O3. The molecule has 8 nitrogen and oxygen atoms in total. The van der Waals surface area contributed by atoms with Crippen LogP contribution in [0, 0.1) is 6.92 Å². The Labute approximate surface area is 242 Å². The van der Waals surface area contributed by atoms with Crippen LogP contribution in [0.25, 0.3) is 11.1 Å². The first-order valence-corrected chi connectivity index (χ1v) is 14.3. The summed E-state index contributed by atoms with van der Waals surface area (Å²) in [6.07, 6.45) is 1.85. The summed E-state index contributed by atoms with van der Waals surface area (Å²) in [5.74, 6) is -0.659. The van der Waals surface area contributed by atoms with E-state index in [1.54, 1.807) is 20.2 Å². The molecule has 1 unspecified atom stereocenters. The molecule has 0 amide bonds. The van der Waals surface area contributed by atoms with Gasteiger partial charge in [-0.15, -0.1) is 0 Å². The molecule has 1 saturated carbocycles. The molecule has 11 heteroatoms. The van der Waals surface area contributed by atoms with Crippen LogP contribution in [0.15, 0.2) is 41.7 Å². The monoisotopic (exact) mass is 581 g/mol. The fraction of sp³-hybridized carbons (Fsp3) is 0.452. The van der Waals surface area contributed by atoms with Crippen LogP contribution in [0.2, 0.25) is 0 Å². The molecule has 2 aliphatic heterocycles. The van der Waals surface area contributed by atoms with Crippen molar-refractivity contribution >= 4 is 23.6 Å². The van der Waals surface area contributed by atoms with Crippen molar-refractivity contribution in [2.45, 2.75) is 57.3 Å². The number of anilines is 2. The highest BCUT2D eigenvalue weighted by Crippen LogP contribution is 2.52. The van der Waals surface area contributed by atoms with E-state index >= 15 is 0 Å². The Kier molecular flexibility index (Phi) is 7.24. The number of hydrogen-bond acceptors (Lipinski definition) is 7. The number of rotatable bonds is 7. The lowest BCUT2D eigenvalue weighted by atomic mass is 9.92. The van der Waals surface area contributed by atoms with E-state index < -0.39 is 23.8 Å². The maximum Gasteiger partial charge on any atom is 0.417 e. The molecule has 0 bridgehead atoms. The Morgan fingerprint density at radius 3 is 2.57 bits per heavy atom. The minimum absolute atomic E-state index is 0.0459. The van der Waals surface area contributed by atoms with E-state index in [9.17, 15) is 18.0 Å². The van der Waals surface area contributed by atoms with Gasteiger partial charge in [-0.25, -0.2) is 9.78 Å². The molecule has 6 rings (SSSR count). The normalized spacial score (nSPS) is 18.5. The van der Waals surface area contributed by atoms with Crippen molar-refractivity contribution in [3.8, 4) is 11.1 Å². The maximum absolute atomic E-state index is 14.5. The molecule has 3 aliphatic rings. The lowest BCUT2D eigenvalue weighted by Crippen LogP contribution is -2.36. The third-order valence-corrected chi connectivity index (χ3v) is 8.72. The Bertz CT molecular complexity index is 1520. The lowest BCUT2D eigenvalue weighted by Gasteiger charge is -2.29. The number of carbonyl (C=O) groups excluding carboxylic acids is 1. The summed E-state index contributed by atoms with van der Waals surface area (Å²) in [5.41, 5.74) is 9.00. The number of esters is 1. The van der Waals surface area contributed by atoms with Crippen molar-refractivity contribution in [2.24, 2.45) is 4.99 Å². The number of morpholine rings is 1. The first-order chi connectivity index (χ1) is 20.1. The predicted octanol–water partition coefficient (Wildman–Crippen LogP) is 5.45. The van der Waals surface area contributed by atoms with Gasteiger partial charge in [-0.05, 0) is 74.4 Å². The van der Waals surface area contributed by atoms with Crippen LogP contribution in [0.5, 0.6) is 0 Å². The standard InChI is InChI=1S/C31H34F3N5O3/c1-3-42-29(40)28(27-25-8-9-30(10-11-30)39(25)18-37-27)36-17-23-24(31(32,33)34)16-22(19(2)26(23)35)20-4-6-21(7-5-20)38-12-14-41-15-13-38/h4-7,16-18,28H,3,8-15,35H2,1-2H3. The van der Waals surface area contributed by atoms with E-state index in [1.807, 2.05) is 24.3 Å². The summed E-state index contributed by atoms with van der Waals surface area (Å²) in [4.78, 5) is 24.0. The van der Waals surface area contributed by atoms with Gasteiger partial charge in [-0.3, -0.25) is 4.99 Å². The average molecular weight is 582 g/mol. The number of halogens is 3. The van der Waals surface area contributed by atoms with E-state index in [0.29, 0.717) is 35.6 Å². The number of ether oxygens (including phenoxy) is 2. The van der Waals surface area contributed by atoms with Crippen molar-refractivity contribution in [3.05, 3.63) is 64.7 Å². The van der Waals surface area contributed by atoms with Gasteiger partial charge in [0.2, 0.25) is 0 Å². The van der Waals surface area contributed by atoms with Gasteiger partial charge in [0.15, 0.2) is 6.04 Å². The van der Waals surface area contributed by atoms with Crippen LogP contribution in [0.3, 0.4) is 0 Å². The van der Waals surface area contributed by atoms with Crippen LogP contribution in [0.4, 0.5) is 24.5 Å². The smallest absolute Gasteiger partial charge is 0.417 e. The summed E-state index contributed by atoms with van der Waals surface area (Å²) < 4.78 is 56.2. The summed E-state index contributed by atoms with van der Waals surface area (Å²) in [7, 11) is 0. The Balaban J connectivity index is 1.37. The number of alkyl halides is 3. The van der Waals surface area contributed by atoms with E-state index in [0.717, 1.165) is 62.4 Å². The quantitative estimate of drug-likeness (QED) is 0.226. The van der Waals surface area contributed by atoms with Crippen molar-refractivity contribution in [1.29, 1.82) is 0 Å². The number of imidazole rings is 1. The Morgan fingerprint density at radius 1 is 1.21 bits per heavy atom. The first kappa shape index (κ1) is 28.3. The number of nitrogens with two attached hydrogens (primary N) is 1. The van der Waals surface area contributed by atoms with E-state index in [2.05, 4.69) is 19.4 Å². The minimum Gasteiger partial charge on any atom is -0.464 e. The molecule has 1 spiro atoms. The molecule has 2 aromatic carbocycles. The zero-order chi connectivity index (χ0) is 29.6. The van der Waals surface area contributed by atoms with E-state index in [1.165, 1.54) is 0 Å². The molecule has 1 aromatic heterocycles. The second-order valence-electron chi connectivity index (χ2n) is 11.2. The number of hydrogen-bond donors (Lipinski definition) is 1. The highest BCUT2D eigenvalue weighted by atomic mass is 19.4. The number of nitrogens with zero attached hydrogens (tertiary/aromatic N) is 4. The van der Waals surface area contributed by atoms with Gasteiger partial charge in [0, 0.05) is 47.5 Å². The predicted molar refractivity (Wildman–Crippen MR) is 154 cm³/mol. The summed E-state index contributed by atoms with van der Waals surface area (Å²) >= 11 is 0. The lowest BCUT2D eigenvalue weighted by molar-refractivity contribution is -0.144. The highest BCUT2D eigenvalue weighted by Gasteiger charge is 2.50. The van der Waals surface area contributed by atoms with Gasteiger partial charge in [-0.2, -0.15) is 13.2 Å². The summed E-state index contributed by atoms with van der Waals surface area (Å²) in [5, 5.41) is 0. The Morgan fingerprint density at radius 2 is 1.93 bits per heavy atom. The third kappa shape index (κ3) is 5.04. The third-order valence-electron chi connectivity index (χ3n) is 8.72. The van der Waals surface area contributed by atoms with Crippen molar-refractivity contribution in [1.82, 2.24) is 9.55 Å². The molecule has 1 saturated heterocycles. The molecule has 1 aliphatic carbocycles. The van der Waals surface area contributed by atoms with Crippen molar-refractivity contribution in [3.63, 3.8) is 0 Å². The second-order valence-corrected chi connectivity index (χ2v) is 11.2. The molecule has 2 N–H and O–H groups in total. The van der Waals surface area contributed by atoms with Gasteiger partial charge < -0.3 is 24.7 Å². The minimum atomic E-state index is -4.71. The van der Waals surface area contributed by atoms with Crippen LogP contribution < -0.4 is 10.6 Å². The van der Waals surface area contributed by atoms with E-state index in [4.69, 9.17) is 15.2 Å². The van der Waals surface area contributed by atoms with Gasteiger partial charge in [0.25, 0.3) is 0 Å². The first-order valence-electron chi connectivity index (χ1n) is 14.3. The number of carbonyl (C=O) groups is 1. The zero-order valence-corrected chi connectivity index (χ0v) is 23.7. The summed E-state index contributed by atoms with van der Waals surface area (Å²) in [6.45, 7) is 6.26. The van der Waals surface area contributed by atoms with Gasteiger partial charge in [0.1, 0.15) is 0 Å². The number of nitrogen functional groups attached to an aromatic ring is 1. The van der Waals surface area contributed by atoms with Crippen LogP contribution in [0.1, 0.15) is 60.3 Å². The number of aliphatic imine (C=N–C) groups is 1. The average Bonchev–Trinajstić information content (AvgIpc) is 3.51. The fourth-order valence-electron chi connectivity index (χ4n) is 6.16. The molecule has 222 valence electrons. The summed E-state index contributed by atoms with van der Waals surface area (Å²) in [6, 6.07) is 7.34. The topological polar surface area (TPSA) is 95.0 Å². The molecule has 2 fully saturated rings. The Hall–Kier alpha value is -3.86. The fourth-order valence-corrected chi connectivity index (χ4v) is 6.16. The van der Waals surface area contributed by atoms with Gasteiger partial charge >= 0.3 is 12.1 Å². The number of benzene rings is 2. The maximum atomic E-state index is 14.5. The van der Waals surface area contributed by atoms with Crippen LogP contribution in [-0.2, 0) is 32.4 Å². The van der Waals surface area contributed by atoms with Crippen LogP contribution in [-0.4, -0.2) is 54.6 Å². The molecule has 1 atom stereocenters. The second kappa shape index (κ2) is 10.8.